The molecule has 0 fully saturated rings. The van der Waals surface area contributed by atoms with Gasteiger partial charge in [0.05, 0.1) is 22.0 Å². The van der Waals surface area contributed by atoms with Crippen molar-refractivity contribution in [3.63, 3.8) is 0 Å². The van der Waals surface area contributed by atoms with E-state index in [4.69, 9.17) is 16.7 Å². The Bertz CT molecular complexity index is 1470. The maximum atomic E-state index is 13.9. The molecule has 0 aliphatic carbocycles. The molecule has 0 saturated carbocycles. The number of aromatic nitrogens is 2. The molecule has 0 aliphatic rings. The molecule has 1 heterocycles. The van der Waals surface area contributed by atoms with Gasteiger partial charge in [-0.05, 0) is 61.5 Å². The summed E-state index contributed by atoms with van der Waals surface area (Å²) in [4.78, 5) is 17.0. The molecular weight excluding hydrogens is 492 g/mol. The fourth-order valence-corrected chi connectivity index (χ4v) is 6.01. The predicted molar refractivity (Wildman–Crippen MR) is 144 cm³/mol. The smallest absolute Gasteiger partial charge is 0.199 e. The molecule has 0 bridgehead atoms. The van der Waals surface area contributed by atoms with Gasteiger partial charge in [0.15, 0.2) is 5.78 Å². The van der Waals surface area contributed by atoms with E-state index < -0.39 is 0 Å². The van der Waals surface area contributed by atoms with Gasteiger partial charge in [0.25, 0.3) is 0 Å². The van der Waals surface area contributed by atoms with Crippen molar-refractivity contribution in [2.24, 2.45) is 0 Å². The molecule has 0 unspecified atom stereocenters. The summed E-state index contributed by atoms with van der Waals surface area (Å²) in [6, 6.07) is 35.6. The standard InChI is InChI=1S/C29H21ClN2OS2/c1-20-27(28(33)25-18-17-24(19-26(25)30)34-22-13-7-3-8-14-22)29(35-23-15-9-4-10-16-23)32(31-20)21-11-5-2-6-12-21/h2-19H,1H3. The molecule has 0 amide bonds. The molecule has 1 aromatic heterocycles. The van der Waals surface area contributed by atoms with Crippen LogP contribution in [0.15, 0.2) is 129 Å². The molecule has 0 spiro atoms. The molecule has 5 aromatic rings. The van der Waals surface area contributed by atoms with Gasteiger partial charge in [-0.15, -0.1) is 0 Å². The minimum absolute atomic E-state index is 0.135. The normalized spacial score (nSPS) is 10.9. The number of carbonyl (C=O) groups excluding carboxylic acids is 1. The fourth-order valence-electron chi connectivity index (χ4n) is 3.71. The number of ketones is 1. The molecule has 0 N–H and O–H groups in total. The zero-order valence-electron chi connectivity index (χ0n) is 18.9. The average molecular weight is 513 g/mol. The number of hydrogen-bond donors (Lipinski definition) is 0. The number of halogens is 1. The Morgan fingerprint density at radius 2 is 1.31 bits per heavy atom. The molecule has 0 radical (unpaired) electrons. The summed E-state index contributed by atoms with van der Waals surface area (Å²) in [6.45, 7) is 1.87. The van der Waals surface area contributed by atoms with Crippen molar-refractivity contribution in [1.29, 1.82) is 0 Å². The third-order valence-corrected chi connectivity index (χ3v) is 7.76. The number of hydrogen-bond acceptors (Lipinski definition) is 4. The SMILES string of the molecule is Cc1nn(-c2ccccc2)c(Sc2ccccc2)c1C(=O)c1ccc(Sc2ccccc2)cc1Cl. The third kappa shape index (κ3) is 5.22. The lowest BCUT2D eigenvalue weighted by Crippen LogP contribution is -2.06. The first-order chi connectivity index (χ1) is 17.1. The molecule has 172 valence electrons. The van der Waals surface area contributed by atoms with E-state index in [1.54, 1.807) is 11.8 Å². The second-order valence-corrected chi connectivity index (χ2v) is 10.4. The van der Waals surface area contributed by atoms with Gasteiger partial charge < -0.3 is 0 Å². The molecule has 35 heavy (non-hydrogen) atoms. The van der Waals surface area contributed by atoms with Crippen LogP contribution in [0.5, 0.6) is 0 Å². The van der Waals surface area contributed by atoms with Crippen LogP contribution in [-0.2, 0) is 0 Å². The number of nitrogens with zero attached hydrogens (tertiary/aromatic N) is 2. The van der Waals surface area contributed by atoms with Crippen molar-refractivity contribution in [2.75, 3.05) is 0 Å². The largest absolute Gasteiger partial charge is 0.288 e. The van der Waals surface area contributed by atoms with Crippen LogP contribution in [0.25, 0.3) is 5.69 Å². The highest BCUT2D eigenvalue weighted by atomic mass is 35.5. The summed E-state index contributed by atoms with van der Waals surface area (Å²) in [5.74, 6) is -0.135. The van der Waals surface area contributed by atoms with E-state index in [2.05, 4.69) is 0 Å². The van der Waals surface area contributed by atoms with Gasteiger partial charge in [0.1, 0.15) is 5.03 Å². The maximum absolute atomic E-state index is 13.9. The second-order valence-electron chi connectivity index (χ2n) is 7.81. The second kappa shape index (κ2) is 10.6. The first-order valence-electron chi connectivity index (χ1n) is 11.1. The highest BCUT2D eigenvalue weighted by Crippen LogP contribution is 2.37. The molecule has 4 aromatic carbocycles. The molecule has 3 nitrogen and oxygen atoms in total. The number of rotatable bonds is 7. The summed E-state index contributed by atoms with van der Waals surface area (Å²) in [5, 5.41) is 5.95. The van der Waals surface area contributed by atoms with Crippen LogP contribution in [-0.4, -0.2) is 15.6 Å². The topological polar surface area (TPSA) is 34.9 Å². The zero-order valence-corrected chi connectivity index (χ0v) is 21.3. The van der Waals surface area contributed by atoms with E-state index in [0.29, 0.717) is 21.8 Å². The van der Waals surface area contributed by atoms with Crippen LogP contribution in [0.1, 0.15) is 21.6 Å². The zero-order chi connectivity index (χ0) is 24.2. The van der Waals surface area contributed by atoms with Crippen molar-refractivity contribution in [1.82, 2.24) is 9.78 Å². The fraction of sp³-hybridized carbons (Fsp3) is 0.0345. The third-order valence-electron chi connectivity index (χ3n) is 5.37. The lowest BCUT2D eigenvalue weighted by atomic mass is 10.0. The first kappa shape index (κ1) is 23.5. The van der Waals surface area contributed by atoms with Crippen LogP contribution in [0.3, 0.4) is 0 Å². The van der Waals surface area contributed by atoms with Crippen molar-refractivity contribution in [2.45, 2.75) is 26.6 Å². The molecule has 5 rings (SSSR count). The quantitative estimate of drug-likeness (QED) is 0.205. The van der Waals surface area contributed by atoms with Crippen LogP contribution in [0, 0.1) is 6.92 Å². The molecular formula is C29H21ClN2OS2. The van der Waals surface area contributed by atoms with E-state index >= 15 is 0 Å². The van der Waals surface area contributed by atoms with Gasteiger partial charge >= 0.3 is 0 Å². The minimum Gasteiger partial charge on any atom is -0.288 e. The highest BCUT2D eigenvalue weighted by molar-refractivity contribution is 7.99. The van der Waals surface area contributed by atoms with Gasteiger partial charge in [0.2, 0.25) is 0 Å². The van der Waals surface area contributed by atoms with Gasteiger partial charge in [-0.3, -0.25) is 4.79 Å². The summed E-state index contributed by atoms with van der Waals surface area (Å²) < 4.78 is 1.84. The van der Waals surface area contributed by atoms with Crippen LogP contribution < -0.4 is 0 Å². The van der Waals surface area contributed by atoms with Crippen molar-refractivity contribution >= 4 is 40.9 Å². The lowest BCUT2D eigenvalue weighted by molar-refractivity contribution is 0.103. The summed E-state index contributed by atoms with van der Waals surface area (Å²) in [5.41, 5.74) is 2.59. The molecule has 6 heteroatoms. The van der Waals surface area contributed by atoms with Crippen molar-refractivity contribution in [3.05, 3.63) is 131 Å². The van der Waals surface area contributed by atoms with E-state index in [1.165, 1.54) is 11.8 Å². The Balaban J connectivity index is 1.55. The van der Waals surface area contributed by atoms with Crippen LogP contribution >= 0.6 is 35.1 Å². The summed E-state index contributed by atoms with van der Waals surface area (Å²) in [7, 11) is 0. The molecule has 0 atom stereocenters. The Hall–Kier alpha value is -3.25. The molecule has 0 aliphatic heterocycles. The van der Waals surface area contributed by atoms with E-state index in [0.717, 1.165) is 25.4 Å². The Labute approximate surface area is 218 Å². The minimum atomic E-state index is -0.135. The van der Waals surface area contributed by atoms with Crippen molar-refractivity contribution < 1.29 is 4.79 Å². The first-order valence-corrected chi connectivity index (χ1v) is 13.1. The monoisotopic (exact) mass is 512 g/mol. The number of aryl methyl sites for hydroxylation is 1. The van der Waals surface area contributed by atoms with E-state index in [-0.39, 0.29) is 5.78 Å². The summed E-state index contributed by atoms with van der Waals surface area (Å²) in [6.07, 6.45) is 0. The Morgan fingerprint density at radius 3 is 1.91 bits per heavy atom. The maximum Gasteiger partial charge on any atom is 0.199 e. The van der Waals surface area contributed by atoms with Gasteiger partial charge in [0, 0.05) is 20.2 Å². The highest BCUT2D eigenvalue weighted by Gasteiger charge is 2.26. The number of carbonyl (C=O) groups is 1. The Kier molecular flexibility index (Phi) is 7.09. The van der Waals surface area contributed by atoms with Gasteiger partial charge in [-0.1, -0.05) is 89.7 Å². The van der Waals surface area contributed by atoms with E-state index in [9.17, 15) is 4.79 Å². The van der Waals surface area contributed by atoms with Crippen LogP contribution in [0.2, 0.25) is 5.02 Å². The van der Waals surface area contributed by atoms with Gasteiger partial charge in [-0.2, -0.15) is 5.10 Å². The predicted octanol–water partition coefficient (Wildman–Crippen LogP) is 8.37. The summed E-state index contributed by atoms with van der Waals surface area (Å²) >= 11 is 9.79. The number of benzene rings is 4. The van der Waals surface area contributed by atoms with Crippen LogP contribution in [0.4, 0.5) is 0 Å². The van der Waals surface area contributed by atoms with E-state index in [1.807, 2.05) is 121 Å². The molecule has 0 saturated heterocycles. The van der Waals surface area contributed by atoms with Crippen molar-refractivity contribution in [3.8, 4) is 5.69 Å². The lowest BCUT2D eigenvalue weighted by Gasteiger charge is -2.11. The number of para-hydroxylation sites is 1. The van der Waals surface area contributed by atoms with Gasteiger partial charge in [-0.25, -0.2) is 4.68 Å². The average Bonchev–Trinajstić information content (AvgIpc) is 3.21. The Morgan fingerprint density at radius 1 is 0.743 bits per heavy atom.